The maximum absolute atomic E-state index is 13.4. The molecule has 0 aromatic heterocycles. The predicted molar refractivity (Wildman–Crippen MR) is 66.0 cm³/mol. The van der Waals surface area contributed by atoms with Crippen molar-refractivity contribution in [1.82, 2.24) is 0 Å². The molecular weight excluding hydrogens is 351 g/mol. The van der Waals surface area contributed by atoms with E-state index in [9.17, 15) is 39.5 Å². The van der Waals surface area contributed by atoms with Gasteiger partial charge in [-0.05, 0) is 31.6 Å². The van der Waals surface area contributed by atoms with E-state index in [2.05, 4.69) is 0 Å². The van der Waals surface area contributed by atoms with Crippen LogP contribution < -0.4 is 0 Å². The van der Waals surface area contributed by atoms with E-state index in [1.807, 2.05) is 0 Å². The van der Waals surface area contributed by atoms with Crippen LogP contribution >= 0.6 is 0 Å². The van der Waals surface area contributed by atoms with Crippen molar-refractivity contribution in [3.8, 4) is 0 Å². The summed E-state index contributed by atoms with van der Waals surface area (Å²) in [5, 5.41) is 0. The fourth-order valence-electron chi connectivity index (χ4n) is 3.82. The first-order chi connectivity index (χ1) is 10.8. The summed E-state index contributed by atoms with van der Waals surface area (Å²) in [5.41, 5.74) is -2.26. The van der Waals surface area contributed by atoms with Crippen LogP contribution in [-0.4, -0.2) is 24.4 Å². The molecule has 0 saturated heterocycles. The van der Waals surface area contributed by atoms with Gasteiger partial charge in [-0.2, -0.15) is 13.2 Å². The molecule has 0 aromatic carbocycles. The van der Waals surface area contributed by atoms with Crippen molar-refractivity contribution in [2.75, 3.05) is 0 Å². The van der Waals surface area contributed by atoms with Crippen molar-refractivity contribution in [2.24, 2.45) is 29.1 Å². The van der Waals surface area contributed by atoms with Crippen LogP contribution in [0.25, 0.3) is 0 Å². The normalized spacial score (nSPS) is 34.8. The van der Waals surface area contributed by atoms with E-state index < -0.39 is 79.2 Å². The molecule has 0 spiro atoms. The van der Waals surface area contributed by atoms with Crippen molar-refractivity contribution in [3.05, 3.63) is 0 Å². The SMILES string of the molecule is FC(F)C(CC1(C(F)(F)F)CC1)C(C[C@@H]1CC1(F)F)[C@@H]1CC1(F)F. The van der Waals surface area contributed by atoms with E-state index in [-0.39, 0.29) is 12.8 Å². The average Bonchev–Trinajstić information content (AvgIpc) is 3.30. The van der Waals surface area contributed by atoms with Gasteiger partial charge >= 0.3 is 6.18 Å². The van der Waals surface area contributed by atoms with E-state index >= 15 is 0 Å². The Hall–Kier alpha value is -0.630. The van der Waals surface area contributed by atoms with Crippen LogP contribution in [0.3, 0.4) is 0 Å². The first-order valence-corrected chi connectivity index (χ1v) is 7.90. The molecule has 9 heteroatoms. The lowest BCUT2D eigenvalue weighted by molar-refractivity contribution is -0.197. The summed E-state index contributed by atoms with van der Waals surface area (Å²) in [6.45, 7) is 0. The summed E-state index contributed by atoms with van der Waals surface area (Å²) in [5.74, 6) is -12.5. The van der Waals surface area contributed by atoms with Gasteiger partial charge in [0.15, 0.2) is 0 Å². The zero-order chi connectivity index (χ0) is 18.1. The smallest absolute Gasteiger partial charge is 0.210 e. The van der Waals surface area contributed by atoms with Crippen LogP contribution in [0.4, 0.5) is 39.5 Å². The molecule has 3 saturated carbocycles. The lowest BCUT2D eigenvalue weighted by atomic mass is 9.77. The Morgan fingerprint density at radius 1 is 0.917 bits per heavy atom. The largest absolute Gasteiger partial charge is 0.394 e. The van der Waals surface area contributed by atoms with Gasteiger partial charge < -0.3 is 0 Å². The fourth-order valence-corrected chi connectivity index (χ4v) is 3.82. The Kier molecular flexibility index (Phi) is 3.93. The molecule has 0 N–H and O–H groups in total. The molecule has 24 heavy (non-hydrogen) atoms. The molecule has 0 amide bonds. The molecule has 0 nitrogen and oxygen atoms in total. The van der Waals surface area contributed by atoms with Gasteiger partial charge in [0.1, 0.15) is 0 Å². The molecule has 140 valence electrons. The molecule has 3 aliphatic rings. The molecule has 4 atom stereocenters. The van der Waals surface area contributed by atoms with Crippen molar-refractivity contribution >= 4 is 0 Å². The van der Waals surface area contributed by atoms with E-state index in [4.69, 9.17) is 0 Å². The highest BCUT2D eigenvalue weighted by Crippen LogP contribution is 2.66. The van der Waals surface area contributed by atoms with Crippen LogP contribution in [0.5, 0.6) is 0 Å². The van der Waals surface area contributed by atoms with Crippen LogP contribution in [0, 0.1) is 29.1 Å². The van der Waals surface area contributed by atoms with Crippen LogP contribution in [0.2, 0.25) is 0 Å². The molecule has 0 bridgehead atoms. The summed E-state index contributed by atoms with van der Waals surface area (Å²) >= 11 is 0. The molecule has 0 heterocycles. The van der Waals surface area contributed by atoms with Gasteiger partial charge in [0, 0.05) is 30.6 Å². The van der Waals surface area contributed by atoms with Gasteiger partial charge in [-0.1, -0.05) is 0 Å². The fraction of sp³-hybridized carbons (Fsp3) is 1.00. The maximum atomic E-state index is 13.4. The topological polar surface area (TPSA) is 0 Å². The quantitative estimate of drug-likeness (QED) is 0.490. The summed E-state index contributed by atoms with van der Waals surface area (Å²) in [7, 11) is 0. The molecule has 3 fully saturated rings. The van der Waals surface area contributed by atoms with E-state index in [1.165, 1.54) is 0 Å². The first kappa shape index (κ1) is 18.2. The number of hydrogen-bond donors (Lipinski definition) is 0. The minimum absolute atomic E-state index is 0.312. The van der Waals surface area contributed by atoms with E-state index in [1.54, 1.807) is 0 Å². The molecule has 2 unspecified atom stereocenters. The third kappa shape index (κ3) is 3.23. The van der Waals surface area contributed by atoms with Crippen LogP contribution in [0.15, 0.2) is 0 Å². The highest BCUT2D eigenvalue weighted by Gasteiger charge is 2.69. The molecule has 3 rings (SSSR count). The van der Waals surface area contributed by atoms with Crippen molar-refractivity contribution < 1.29 is 39.5 Å². The summed E-state index contributed by atoms with van der Waals surface area (Å²) < 4.78 is 119. The van der Waals surface area contributed by atoms with E-state index in [0.29, 0.717) is 0 Å². The van der Waals surface area contributed by atoms with Gasteiger partial charge in [0.2, 0.25) is 6.43 Å². The third-order valence-electron chi connectivity index (χ3n) is 5.86. The van der Waals surface area contributed by atoms with Gasteiger partial charge in [0.05, 0.1) is 5.41 Å². The van der Waals surface area contributed by atoms with E-state index in [0.717, 1.165) is 0 Å². The average molecular weight is 368 g/mol. The number of alkyl halides is 9. The van der Waals surface area contributed by atoms with Crippen molar-refractivity contribution in [2.45, 2.75) is 63.0 Å². The number of halogens is 9. The van der Waals surface area contributed by atoms with Crippen LogP contribution in [0.1, 0.15) is 38.5 Å². The third-order valence-corrected chi connectivity index (χ3v) is 5.86. The van der Waals surface area contributed by atoms with Crippen molar-refractivity contribution in [3.63, 3.8) is 0 Å². The molecule has 3 aliphatic carbocycles. The number of rotatable bonds is 7. The predicted octanol–water partition coefficient (Wildman–Crippen LogP) is 5.92. The van der Waals surface area contributed by atoms with Crippen LogP contribution in [-0.2, 0) is 0 Å². The number of hydrogen-bond acceptors (Lipinski definition) is 0. The van der Waals surface area contributed by atoms with Gasteiger partial charge in [-0.3, -0.25) is 0 Å². The Balaban J connectivity index is 1.78. The summed E-state index contributed by atoms with van der Waals surface area (Å²) in [4.78, 5) is 0. The first-order valence-electron chi connectivity index (χ1n) is 7.90. The second-order valence-electron chi connectivity index (χ2n) is 7.61. The Bertz CT molecular complexity index is 492. The van der Waals surface area contributed by atoms with Gasteiger partial charge in [-0.25, -0.2) is 26.3 Å². The monoisotopic (exact) mass is 368 g/mol. The Morgan fingerprint density at radius 3 is 1.71 bits per heavy atom. The molecule has 0 aliphatic heterocycles. The Morgan fingerprint density at radius 2 is 1.42 bits per heavy atom. The highest BCUT2D eigenvalue weighted by atomic mass is 19.4. The molecule has 0 aromatic rings. The zero-order valence-electron chi connectivity index (χ0n) is 12.5. The second-order valence-corrected chi connectivity index (χ2v) is 7.61. The van der Waals surface area contributed by atoms with Gasteiger partial charge in [-0.15, -0.1) is 0 Å². The summed E-state index contributed by atoms with van der Waals surface area (Å²) in [6.07, 6.45) is -11.3. The molecular formula is C15H17F9. The minimum Gasteiger partial charge on any atom is -0.210 e. The van der Waals surface area contributed by atoms with Crippen molar-refractivity contribution in [1.29, 1.82) is 0 Å². The lowest BCUT2D eigenvalue weighted by Gasteiger charge is -2.31. The summed E-state index contributed by atoms with van der Waals surface area (Å²) in [6, 6.07) is 0. The lowest BCUT2D eigenvalue weighted by Crippen LogP contribution is -2.34. The van der Waals surface area contributed by atoms with Gasteiger partial charge in [0.25, 0.3) is 11.8 Å². The Labute approximate surface area is 132 Å². The second kappa shape index (κ2) is 5.19. The zero-order valence-corrected chi connectivity index (χ0v) is 12.5. The minimum atomic E-state index is -4.68. The highest BCUT2D eigenvalue weighted by molar-refractivity contribution is 5.08. The molecule has 0 radical (unpaired) electrons. The maximum Gasteiger partial charge on any atom is 0.394 e. The standard InChI is InChI=1S/C15H17F9/c16-11(17)9(5-12(1-2-12)15(22,23)24)8(10-6-14(10,20)21)3-7-4-13(7,18)19/h7-11H,1-6H2/t7-,8?,9?,10+/m1/s1.